The van der Waals surface area contributed by atoms with Gasteiger partial charge in [-0.3, -0.25) is 4.79 Å². The van der Waals surface area contributed by atoms with Crippen LogP contribution in [0.1, 0.15) is 39.2 Å². The average Bonchev–Trinajstić information content (AvgIpc) is 2.58. The highest BCUT2D eigenvalue weighted by molar-refractivity contribution is 6.74. The summed E-state index contributed by atoms with van der Waals surface area (Å²) >= 11 is 0. The average molecular weight is 395 g/mol. The smallest absolute Gasteiger partial charge is 0.410 e. The van der Waals surface area contributed by atoms with Crippen molar-refractivity contribution in [3.63, 3.8) is 0 Å². The fourth-order valence-electron chi connectivity index (χ4n) is 2.19. The minimum Gasteiger partial charge on any atom is -0.445 e. The van der Waals surface area contributed by atoms with E-state index in [2.05, 4.69) is 33.9 Å². The molecule has 0 heterocycles. The number of benzene rings is 1. The van der Waals surface area contributed by atoms with Gasteiger partial charge in [-0.05, 0) is 30.1 Å². The van der Waals surface area contributed by atoms with Crippen molar-refractivity contribution in [1.82, 2.24) is 4.90 Å². The second-order valence-electron chi connectivity index (χ2n) is 8.38. The van der Waals surface area contributed by atoms with Gasteiger partial charge in [0, 0.05) is 13.5 Å². The summed E-state index contributed by atoms with van der Waals surface area (Å²) in [6, 6.07) is 9.24. The fourth-order valence-corrected chi connectivity index (χ4v) is 3.23. The lowest BCUT2D eigenvalue weighted by Crippen LogP contribution is -2.47. The van der Waals surface area contributed by atoms with Crippen LogP contribution in [0.25, 0.3) is 0 Å². The molecule has 7 heteroatoms. The van der Waals surface area contributed by atoms with Gasteiger partial charge in [0.05, 0.1) is 12.6 Å². The summed E-state index contributed by atoms with van der Waals surface area (Å²) in [4.78, 5) is 25.2. The molecule has 0 aliphatic rings. The van der Waals surface area contributed by atoms with Crippen LogP contribution in [0.4, 0.5) is 4.79 Å². The molecular formula is C20H34N2O4Si. The van der Waals surface area contributed by atoms with Crippen LogP contribution >= 0.6 is 0 Å². The molecular weight excluding hydrogens is 360 g/mol. The number of hydrogen-bond donors (Lipinski definition) is 1. The SMILES string of the molecule is CN(C(=O)OCc1ccccc1)[C@H](CCC(N)=O)CO[Si](C)(C)C(C)(C)C. The van der Waals surface area contributed by atoms with Gasteiger partial charge in [0.2, 0.25) is 5.91 Å². The Hall–Kier alpha value is -1.86. The molecule has 0 aliphatic heterocycles. The lowest BCUT2D eigenvalue weighted by atomic mass is 10.1. The Labute approximate surface area is 164 Å². The molecule has 0 saturated heterocycles. The van der Waals surface area contributed by atoms with Crippen LogP contribution in [-0.2, 0) is 20.6 Å². The lowest BCUT2D eigenvalue weighted by Gasteiger charge is -2.38. The quantitative estimate of drug-likeness (QED) is 0.644. The zero-order valence-corrected chi connectivity index (χ0v) is 18.5. The van der Waals surface area contributed by atoms with E-state index in [0.717, 1.165) is 5.56 Å². The van der Waals surface area contributed by atoms with Crippen LogP contribution in [0.15, 0.2) is 30.3 Å². The minimum absolute atomic E-state index is 0.0631. The van der Waals surface area contributed by atoms with E-state index in [1.807, 2.05) is 30.3 Å². The van der Waals surface area contributed by atoms with Crippen LogP contribution in [0, 0.1) is 0 Å². The van der Waals surface area contributed by atoms with Crippen molar-refractivity contribution in [1.29, 1.82) is 0 Å². The number of hydrogen-bond acceptors (Lipinski definition) is 4. The molecule has 0 bridgehead atoms. The van der Waals surface area contributed by atoms with Gasteiger partial charge in [-0.1, -0.05) is 51.1 Å². The van der Waals surface area contributed by atoms with Gasteiger partial charge in [0.15, 0.2) is 8.32 Å². The van der Waals surface area contributed by atoms with Crippen LogP contribution in [0.3, 0.4) is 0 Å². The number of carbonyl (C=O) groups excluding carboxylic acids is 2. The number of rotatable bonds is 9. The second kappa shape index (κ2) is 9.89. The Bertz CT molecular complexity index is 614. The molecule has 6 nitrogen and oxygen atoms in total. The van der Waals surface area contributed by atoms with Gasteiger partial charge in [0.1, 0.15) is 6.61 Å². The number of amides is 2. The monoisotopic (exact) mass is 394 g/mol. The third kappa shape index (κ3) is 7.72. The Balaban J connectivity index is 2.72. The molecule has 1 atom stereocenters. The summed E-state index contributed by atoms with van der Waals surface area (Å²) in [5.74, 6) is -0.390. The van der Waals surface area contributed by atoms with Crippen LogP contribution < -0.4 is 5.73 Å². The number of nitrogens with zero attached hydrogens (tertiary/aromatic N) is 1. The van der Waals surface area contributed by atoms with Crippen molar-refractivity contribution >= 4 is 20.3 Å². The predicted molar refractivity (Wildman–Crippen MR) is 110 cm³/mol. The van der Waals surface area contributed by atoms with Crippen LogP contribution in [0.2, 0.25) is 18.1 Å². The van der Waals surface area contributed by atoms with E-state index in [9.17, 15) is 9.59 Å². The number of primary amides is 1. The summed E-state index contributed by atoms with van der Waals surface area (Å²) in [6.07, 6.45) is 0.204. The lowest BCUT2D eigenvalue weighted by molar-refractivity contribution is -0.118. The maximum Gasteiger partial charge on any atom is 0.410 e. The predicted octanol–water partition coefficient (Wildman–Crippen LogP) is 3.91. The van der Waals surface area contributed by atoms with Crippen molar-refractivity contribution in [3.8, 4) is 0 Å². The van der Waals surface area contributed by atoms with Gasteiger partial charge < -0.3 is 19.8 Å². The number of ether oxygens (including phenoxy) is 1. The van der Waals surface area contributed by atoms with Gasteiger partial charge in [-0.15, -0.1) is 0 Å². The van der Waals surface area contributed by atoms with E-state index in [1.165, 1.54) is 4.90 Å². The number of carbonyl (C=O) groups is 2. The molecule has 0 unspecified atom stereocenters. The molecule has 152 valence electrons. The Morgan fingerprint density at radius 1 is 1.19 bits per heavy atom. The van der Waals surface area contributed by atoms with Crippen LogP contribution in [-0.4, -0.2) is 44.9 Å². The molecule has 1 aromatic carbocycles. The van der Waals surface area contributed by atoms with Gasteiger partial charge >= 0.3 is 6.09 Å². The van der Waals surface area contributed by atoms with E-state index in [-0.39, 0.29) is 24.1 Å². The normalized spacial score (nSPS) is 13.1. The molecule has 0 aliphatic carbocycles. The topological polar surface area (TPSA) is 81.9 Å². The molecule has 0 fully saturated rings. The summed E-state index contributed by atoms with van der Waals surface area (Å²) in [5, 5.41) is 0.0631. The zero-order chi connectivity index (χ0) is 20.7. The third-order valence-electron chi connectivity index (χ3n) is 5.21. The van der Waals surface area contributed by atoms with Crippen molar-refractivity contribution in [2.45, 2.75) is 64.4 Å². The summed E-state index contributed by atoms with van der Waals surface area (Å²) in [5.41, 5.74) is 6.22. The maximum absolute atomic E-state index is 12.5. The third-order valence-corrected chi connectivity index (χ3v) is 9.71. The summed E-state index contributed by atoms with van der Waals surface area (Å²) < 4.78 is 11.7. The van der Waals surface area contributed by atoms with E-state index in [0.29, 0.717) is 13.0 Å². The Kier molecular flexibility index (Phi) is 8.49. The second-order valence-corrected chi connectivity index (χ2v) is 13.2. The van der Waals surface area contributed by atoms with E-state index in [4.69, 9.17) is 14.9 Å². The van der Waals surface area contributed by atoms with E-state index >= 15 is 0 Å². The van der Waals surface area contributed by atoms with Gasteiger partial charge in [0.25, 0.3) is 0 Å². The molecule has 2 amide bonds. The minimum atomic E-state index is -1.97. The van der Waals surface area contributed by atoms with Gasteiger partial charge in [-0.25, -0.2) is 4.79 Å². The van der Waals surface area contributed by atoms with Crippen molar-refractivity contribution < 1.29 is 18.8 Å². The molecule has 1 rings (SSSR count). The molecule has 27 heavy (non-hydrogen) atoms. The molecule has 0 aromatic heterocycles. The van der Waals surface area contributed by atoms with Crippen LogP contribution in [0.5, 0.6) is 0 Å². The Morgan fingerprint density at radius 3 is 2.30 bits per heavy atom. The summed E-state index contributed by atoms with van der Waals surface area (Å²) in [7, 11) is -0.296. The van der Waals surface area contributed by atoms with E-state index in [1.54, 1.807) is 7.05 Å². The highest BCUT2D eigenvalue weighted by atomic mass is 28.4. The van der Waals surface area contributed by atoms with Crippen molar-refractivity contribution in [3.05, 3.63) is 35.9 Å². The number of nitrogens with two attached hydrogens (primary N) is 1. The highest BCUT2D eigenvalue weighted by Gasteiger charge is 2.38. The van der Waals surface area contributed by atoms with Crippen molar-refractivity contribution in [2.75, 3.05) is 13.7 Å². The Morgan fingerprint density at radius 2 is 1.78 bits per heavy atom. The standard InChI is InChI=1S/C20H34N2O4Si/c1-20(2,3)27(5,6)26-15-17(12-13-18(21)23)22(4)19(24)25-14-16-10-8-7-9-11-16/h7-11,17H,12-15H2,1-6H3,(H2,21,23)/t17-/m1/s1. The van der Waals surface area contributed by atoms with E-state index < -0.39 is 20.3 Å². The first-order valence-corrected chi connectivity index (χ1v) is 12.2. The number of likely N-dealkylation sites (N-methyl/N-ethyl adjacent to an activating group) is 1. The first-order valence-electron chi connectivity index (χ1n) is 9.30. The molecule has 1 aromatic rings. The zero-order valence-electron chi connectivity index (χ0n) is 17.5. The maximum atomic E-state index is 12.5. The first kappa shape index (κ1) is 23.2. The largest absolute Gasteiger partial charge is 0.445 e. The van der Waals surface area contributed by atoms with Gasteiger partial charge in [-0.2, -0.15) is 0 Å². The molecule has 0 spiro atoms. The highest BCUT2D eigenvalue weighted by Crippen LogP contribution is 2.36. The molecule has 0 saturated carbocycles. The summed E-state index contributed by atoms with van der Waals surface area (Å²) in [6.45, 7) is 11.4. The molecule has 0 radical (unpaired) electrons. The fraction of sp³-hybridized carbons (Fsp3) is 0.600. The molecule has 2 N–H and O–H groups in total. The first-order chi connectivity index (χ1) is 12.4. The van der Waals surface area contributed by atoms with Crippen molar-refractivity contribution in [2.24, 2.45) is 5.73 Å².